The molecule has 2 aromatic carbocycles. The van der Waals surface area contributed by atoms with Gasteiger partial charge in [-0.05, 0) is 53.7 Å². The van der Waals surface area contributed by atoms with Crippen molar-refractivity contribution in [3.05, 3.63) is 59.7 Å². The van der Waals surface area contributed by atoms with Gasteiger partial charge in [0.05, 0.1) is 0 Å². The third kappa shape index (κ3) is 5.00. The molecule has 130 valence electrons. The van der Waals surface area contributed by atoms with E-state index in [-0.39, 0.29) is 11.2 Å². The molecule has 3 nitrogen and oxygen atoms in total. The van der Waals surface area contributed by atoms with Crippen LogP contribution in [0.25, 0.3) is 0 Å². The van der Waals surface area contributed by atoms with E-state index in [9.17, 15) is 5.11 Å². The first-order chi connectivity index (χ1) is 11.1. The predicted molar refractivity (Wildman–Crippen MR) is 97.7 cm³/mol. The van der Waals surface area contributed by atoms with Crippen LogP contribution >= 0.6 is 0 Å². The maximum atomic E-state index is 11.0. The van der Waals surface area contributed by atoms with Gasteiger partial charge in [0.2, 0.25) is 0 Å². The molecule has 0 bridgehead atoms. The Kier molecular flexibility index (Phi) is 5.24. The van der Waals surface area contributed by atoms with Crippen LogP contribution in [0.15, 0.2) is 48.5 Å². The van der Waals surface area contributed by atoms with Crippen molar-refractivity contribution in [1.29, 1.82) is 0 Å². The quantitative estimate of drug-likeness (QED) is 0.846. The summed E-state index contributed by atoms with van der Waals surface area (Å²) < 4.78 is 12.0. The van der Waals surface area contributed by atoms with Crippen molar-refractivity contribution in [2.45, 2.75) is 58.8 Å². The summed E-state index contributed by atoms with van der Waals surface area (Å²) in [6, 6.07) is 15.2. The number of ether oxygens (including phenoxy) is 2. The Hall–Kier alpha value is -2.00. The van der Waals surface area contributed by atoms with Crippen LogP contribution in [0.3, 0.4) is 0 Å². The second-order valence-electron chi connectivity index (χ2n) is 7.91. The molecule has 1 N–H and O–H groups in total. The fourth-order valence-electron chi connectivity index (χ4n) is 2.43. The Morgan fingerprint density at radius 1 is 0.667 bits per heavy atom. The van der Waals surface area contributed by atoms with Gasteiger partial charge in [0.25, 0.3) is 0 Å². The second kappa shape index (κ2) is 6.86. The fraction of sp³-hybridized carbons (Fsp3) is 0.429. The Balaban J connectivity index is 2.42. The summed E-state index contributed by atoms with van der Waals surface area (Å²) in [5.41, 5.74) is 0.795. The molecule has 0 amide bonds. The first-order valence-electron chi connectivity index (χ1n) is 8.31. The Morgan fingerprint density at radius 3 is 1.33 bits per heavy atom. The van der Waals surface area contributed by atoms with E-state index in [1.54, 1.807) is 0 Å². The van der Waals surface area contributed by atoms with E-state index >= 15 is 0 Å². The van der Waals surface area contributed by atoms with Gasteiger partial charge in [-0.1, -0.05) is 36.4 Å². The molecule has 0 aliphatic heterocycles. The number of rotatable bonds is 4. The Bertz CT molecular complexity index is 618. The van der Waals surface area contributed by atoms with Crippen LogP contribution < -0.4 is 9.47 Å². The van der Waals surface area contributed by atoms with Gasteiger partial charge in [-0.15, -0.1) is 0 Å². The molecule has 0 saturated carbocycles. The molecule has 0 unspecified atom stereocenters. The van der Waals surface area contributed by atoms with Crippen molar-refractivity contribution in [2.24, 2.45) is 0 Å². The van der Waals surface area contributed by atoms with E-state index in [0.29, 0.717) is 11.5 Å². The molecule has 0 radical (unpaired) electrons. The first kappa shape index (κ1) is 18.3. The monoisotopic (exact) mass is 328 g/mol. The lowest BCUT2D eigenvalue weighted by atomic mass is 9.99. The molecule has 2 rings (SSSR count). The fourth-order valence-corrected chi connectivity index (χ4v) is 2.43. The Labute approximate surface area is 145 Å². The van der Waals surface area contributed by atoms with Gasteiger partial charge in [-0.3, -0.25) is 0 Å². The molecule has 0 fully saturated rings. The zero-order valence-corrected chi connectivity index (χ0v) is 15.5. The number of hydrogen-bond acceptors (Lipinski definition) is 3. The van der Waals surface area contributed by atoms with Gasteiger partial charge in [0.1, 0.15) is 28.8 Å². The van der Waals surface area contributed by atoms with E-state index in [1.807, 2.05) is 90.1 Å². The highest BCUT2D eigenvalue weighted by Crippen LogP contribution is 2.36. The average molecular weight is 328 g/mol. The summed E-state index contributed by atoms with van der Waals surface area (Å²) in [6.07, 6.45) is -0.818. The van der Waals surface area contributed by atoms with Gasteiger partial charge < -0.3 is 14.6 Å². The van der Waals surface area contributed by atoms with E-state index in [4.69, 9.17) is 9.47 Å². The van der Waals surface area contributed by atoms with Crippen molar-refractivity contribution in [2.75, 3.05) is 0 Å². The zero-order valence-electron chi connectivity index (χ0n) is 15.5. The third-order valence-corrected chi connectivity index (χ3v) is 3.26. The van der Waals surface area contributed by atoms with Gasteiger partial charge in [-0.25, -0.2) is 0 Å². The maximum Gasteiger partial charge on any atom is 0.126 e. The normalized spacial score (nSPS) is 12.3. The second-order valence-corrected chi connectivity index (χ2v) is 7.91. The lowest BCUT2D eigenvalue weighted by Gasteiger charge is -2.27. The molecule has 0 atom stereocenters. The van der Waals surface area contributed by atoms with E-state index in [1.165, 1.54) is 0 Å². The van der Waals surface area contributed by atoms with Crippen molar-refractivity contribution < 1.29 is 14.6 Å². The summed E-state index contributed by atoms with van der Waals surface area (Å²) in [6.45, 7) is 12.0. The topological polar surface area (TPSA) is 38.7 Å². The number of hydrogen-bond donors (Lipinski definition) is 1. The van der Waals surface area contributed by atoms with Crippen molar-refractivity contribution in [1.82, 2.24) is 0 Å². The van der Waals surface area contributed by atoms with Crippen LogP contribution in [-0.4, -0.2) is 16.3 Å². The summed E-state index contributed by atoms with van der Waals surface area (Å²) >= 11 is 0. The number of benzene rings is 2. The third-order valence-electron chi connectivity index (χ3n) is 3.26. The first-order valence-corrected chi connectivity index (χ1v) is 8.31. The molecule has 0 aliphatic carbocycles. The van der Waals surface area contributed by atoms with Crippen LogP contribution in [0.2, 0.25) is 0 Å². The lowest BCUT2D eigenvalue weighted by molar-refractivity contribution is 0.116. The Morgan fingerprint density at radius 2 is 1.00 bits per heavy atom. The minimum Gasteiger partial charge on any atom is -0.488 e. The summed E-state index contributed by atoms with van der Waals surface area (Å²) in [7, 11) is 0. The summed E-state index contributed by atoms with van der Waals surface area (Å²) in [5.74, 6) is 1.37. The van der Waals surface area contributed by atoms with Gasteiger partial charge in [-0.2, -0.15) is 0 Å². The molecule has 0 aromatic heterocycles. The van der Waals surface area contributed by atoms with Gasteiger partial charge in [0.15, 0.2) is 0 Å². The maximum absolute atomic E-state index is 11.0. The molecular formula is C21H28O3. The minimum atomic E-state index is -0.818. The minimum absolute atomic E-state index is 0.336. The summed E-state index contributed by atoms with van der Waals surface area (Å²) in [4.78, 5) is 0. The standard InChI is InChI=1S/C21H28O3/c1-20(2,3)23-17-13-9-7-11-15(17)19(22)16-12-8-10-14-18(16)24-21(4,5)6/h7-14,19,22H,1-6H3. The summed E-state index contributed by atoms with van der Waals surface area (Å²) in [5, 5.41) is 11.0. The molecule has 0 spiro atoms. The highest BCUT2D eigenvalue weighted by Gasteiger charge is 2.23. The highest BCUT2D eigenvalue weighted by molar-refractivity contribution is 5.45. The van der Waals surface area contributed by atoms with Crippen LogP contribution in [0.4, 0.5) is 0 Å². The zero-order chi connectivity index (χ0) is 18.0. The van der Waals surface area contributed by atoms with Crippen LogP contribution in [-0.2, 0) is 0 Å². The molecule has 24 heavy (non-hydrogen) atoms. The molecule has 2 aromatic rings. The van der Waals surface area contributed by atoms with E-state index in [2.05, 4.69) is 0 Å². The van der Waals surface area contributed by atoms with Crippen LogP contribution in [0, 0.1) is 0 Å². The molecule has 0 saturated heterocycles. The predicted octanol–water partition coefficient (Wildman–Crippen LogP) is 5.12. The van der Waals surface area contributed by atoms with Crippen molar-refractivity contribution in [3.8, 4) is 11.5 Å². The number of para-hydroxylation sites is 2. The number of aliphatic hydroxyl groups excluding tert-OH is 1. The SMILES string of the molecule is CC(C)(C)Oc1ccccc1C(O)c1ccccc1OC(C)(C)C. The number of aliphatic hydroxyl groups is 1. The molecular weight excluding hydrogens is 300 g/mol. The largest absolute Gasteiger partial charge is 0.488 e. The molecule has 0 heterocycles. The van der Waals surface area contributed by atoms with E-state index < -0.39 is 6.10 Å². The van der Waals surface area contributed by atoms with Crippen molar-refractivity contribution >= 4 is 0 Å². The molecule has 3 heteroatoms. The smallest absolute Gasteiger partial charge is 0.126 e. The van der Waals surface area contributed by atoms with Crippen molar-refractivity contribution in [3.63, 3.8) is 0 Å². The average Bonchev–Trinajstić information content (AvgIpc) is 2.44. The van der Waals surface area contributed by atoms with Gasteiger partial charge in [0, 0.05) is 11.1 Å². The lowest BCUT2D eigenvalue weighted by Crippen LogP contribution is -2.25. The molecule has 0 aliphatic rings. The van der Waals surface area contributed by atoms with E-state index in [0.717, 1.165) is 11.1 Å². The highest BCUT2D eigenvalue weighted by atomic mass is 16.5. The van der Waals surface area contributed by atoms with Crippen LogP contribution in [0.1, 0.15) is 58.8 Å². The van der Waals surface area contributed by atoms with Gasteiger partial charge >= 0.3 is 0 Å². The van der Waals surface area contributed by atoms with Crippen LogP contribution in [0.5, 0.6) is 11.5 Å².